The first kappa shape index (κ1) is 19.3. The Morgan fingerprint density at radius 2 is 1.90 bits per heavy atom. The maximum atomic E-state index is 12.7. The van der Waals surface area contributed by atoms with Crippen molar-refractivity contribution < 1.29 is 9.53 Å². The number of hydrogen-bond acceptors (Lipinski definition) is 4. The molecule has 0 radical (unpaired) electrons. The van der Waals surface area contributed by atoms with E-state index in [4.69, 9.17) is 4.74 Å². The average Bonchev–Trinajstić information content (AvgIpc) is 3.46. The molecule has 1 amide bonds. The predicted molar refractivity (Wildman–Crippen MR) is 116 cm³/mol. The van der Waals surface area contributed by atoms with Crippen LogP contribution in [0.15, 0.2) is 60.8 Å². The van der Waals surface area contributed by atoms with E-state index in [1.807, 2.05) is 54.7 Å². The summed E-state index contributed by atoms with van der Waals surface area (Å²) < 4.78 is 5.51. The van der Waals surface area contributed by atoms with Crippen molar-refractivity contribution in [3.8, 4) is 6.07 Å². The monoisotopic (exact) mass is 409 g/mol. The Kier molecular flexibility index (Phi) is 5.13. The summed E-state index contributed by atoms with van der Waals surface area (Å²) in [7, 11) is 0. The fourth-order valence-corrected chi connectivity index (χ4v) is 4.58. The maximum Gasteiger partial charge on any atom is 0.410 e. The van der Waals surface area contributed by atoms with Gasteiger partial charge in [-0.2, -0.15) is 5.26 Å². The topological polar surface area (TPSA) is 66.2 Å². The molecule has 3 aromatic rings. The van der Waals surface area contributed by atoms with Crippen molar-refractivity contribution in [2.45, 2.75) is 44.9 Å². The van der Waals surface area contributed by atoms with Gasteiger partial charge in [0.15, 0.2) is 0 Å². The maximum absolute atomic E-state index is 12.7. The van der Waals surface area contributed by atoms with Gasteiger partial charge < -0.3 is 4.74 Å². The number of aryl methyl sites for hydroxylation is 2. The SMILES string of the molecule is N#CC(c1cc2c(cn1)CCC2)c1cccc2c1CN(C(=O)OCc1ccccc1)C2. The molecule has 0 bridgehead atoms. The van der Waals surface area contributed by atoms with Gasteiger partial charge in [-0.05, 0) is 58.7 Å². The molecule has 0 spiro atoms. The van der Waals surface area contributed by atoms with Gasteiger partial charge in [0, 0.05) is 12.7 Å². The van der Waals surface area contributed by atoms with Crippen LogP contribution >= 0.6 is 0 Å². The van der Waals surface area contributed by atoms with Crippen molar-refractivity contribution in [3.05, 3.63) is 99.9 Å². The van der Waals surface area contributed by atoms with Crippen LogP contribution in [0.3, 0.4) is 0 Å². The van der Waals surface area contributed by atoms with Gasteiger partial charge in [0.05, 0.1) is 18.3 Å². The normalized spacial score (nSPS) is 15.1. The standard InChI is InChI=1S/C26H23N3O2/c27-13-23(25-12-19-8-4-9-20(19)14-28-25)22-11-5-10-21-15-29(16-24(21)22)26(30)31-17-18-6-2-1-3-7-18/h1-3,5-7,10-12,14,23H,4,8-9,15-17H2. The summed E-state index contributed by atoms with van der Waals surface area (Å²) in [6.07, 6.45) is 4.87. The lowest BCUT2D eigenvalue weighted by Gasteiger charge is -2.16. The van der Waals surface area contributed by atoms with Crippen molar-refractivity contribution in [1.82, 2.24) is 9.88 Å². The minimum atomic E-state index is -0.443. The smallest absolute Gasteiger partial charge is 0.410 e. The fraction of sp³-hybridized carbons (Fsp3) is 0.269. The molecule has 154 valence electrons. The van der Waals surface area contributed by atoms with Crippen LogP contribution in [0.4, 0.5) is 4.79 Å². The van der Waals surface area contributed by atoms with E-state index in [1.165, 1.54) is 11.1 Å². The van der Waals surface area contributed by atoms with Gasteiger partial charge in [-0.25, -0.2) is 4.79 Å². The largest absolute Gasteiger partial charge is 0.445 e. The molecular weight excluding hydrogens is 386 g/mol. The van der Waals surface area contributed by atoms with Crippen LogP contribution in [-0.2, 0) is 37.3 Å². The predicted octanol–water partition coefficient (Wildman–Crippen LogP) is 4.88. The van der Waals surface area contributed by atoms with Gasteiger partial charge in [0.25, 0.3) is 0 Å². The van der Waals surface area contributed by atoms with Crippen molar-refractivity contribution in [2.24, 2.45) is 0 Å². The molecule has 5 rings (SSSR count). The molecule has 0 N–H and O–H groups in total. The zero-order valence-corrected chi connectivity index (χ0v) is 17.3. The first-order valence-electron chi connectivity index (χ1n) is 10.7. The van der Waals surface area contributed by atoms with E-state index in [0.717, 1.165) is 47.2 Å². The van der Waals surface area contributed by atoms with Gasteiger partial charge in [-0.1, -0.05) is 48.5 Å². The first-order chi connectivity index (χ1) is 15.2. The van der Waals surface area contributed by atoms with Crippen LogP contribution in [0, 0.1) is 11.3 Å². The van der Waals surface area contributed by atoms with Crippen LogP contribution < -0.4 is 0 Å². The third-order valence-electron chi connectivity index (χ3n) is 6.21. The second-order valence-electron chi connectivity index (χ2n) is 8.17. The fourth-order valence-electron chi connectivity index (χ4n) is 4.58. The second-order valence-corrected chi connectivity index (χ2v) is 8.17. The minimum Gasteiger partial charge on any atom is -0.445 e. The summed E-state index contributed by atoms with van der Waals surface area (Å²) in [4.78, 5) is 19.0. The van der Waals surface area contributed by atoms with E-state index >= 15 is 0 Å². The third kappa shape index (κ3) is 3.77. The van der Waals surface area contributed by atoms with E-state index in [-0.39, 0.29) is 12.7 Å². The van der Waals surface area contributed by atoms with Crippen molar-refractivity contribution >= 4 is 6.09 Å². The highest BCUT2D eigenvalue weighted by Gasteiger charge is 2.30. The van der Waals surface area contributed by atoms with Gasteiger partial charge in [0.2, 0.25) is 0 Å². The van der Waals surface area contributed by atoms with E-state index in [0.29, 0.717) is 13.1 Å². The van der Waals surface area contributed by atoms with Gasteiger partial charge >= 0.3 is 6.09 Å². The molecular formula is C26H23N3O2. The Morgan fingerprint density at radius 3 is 2.74 bits per heavy atom. The number of aromatic nitrogens is 1. The molecule has 1 aliphatic heterocycles. The highest BCUT2D eigenvalue weighted by molar-refractivity contribution is 5.69. The van der Waals surface area contributed by atoms with E-state index in [2.05, 4.69) is 17.1 Å². The van der Waals surface area contributed by atoms with Gasteiger partial charge in [0.1, 0.15) is 12.5 Å². The van der Waals surface area contributed by atoms with E-state index in [9.17, 15) is 10.1 Å². The summed E-state index contributed by atoms with van der Waals surface area (Å²) in [6.45, 7) is 1.19. The number of hydrogen-bond donors (Lipinski definition) is 0. The zero-order valence-electron chi connectivity index (χ0n) is 17.3. The number of ether oxygens (including phenoxy) is 1. The molecule has 5 nitrogen and oxygen atoms in total. The highest BCUT2D eigenvalue weighted by atomic mass is 16.6. The molecule has 1 aromatic heterocycles. The first-order valence-corrected chi connectivity index (χ1v) is 10.7. The van der Waals surface area contributed by atoms with Crippen LogP contribution in [0.1, 0.15) is 51.4 Å². The minimum absolute atomic E-state index is 0.249. The quantitative estimate of drug-likeness (QED) is 0.616. The number of rotatable bonds is 4. The van der Waals surface area contributed by atoms with E-state index < -0.39 is 5.92 Å². The number of carbonyl (C=O) groups is 1. The number of amides is 1. The summed E-state index contributed by atoms with van der Waals surface area (Å²) >= 11 is 0. The Hall–Kier alpha value is -3.65. The Balaban J connectivity index is 1.35. The third-order valence-corrected chi connectivity index (χ3v) is 6.21. The zero-order chi connectivity index (χ0) is 21.2. The Morgan fingerprint density at radius 1 is 1.06 bits per heavy atom. The van der Waals surface area contributed by atoms with Crippen LogP contribution in [0.2, 0.25) is 0 Å². The average molecular weight is 409 g/mol. The number of nitriles is 1. The molecule has 1 unspecified atom stereocenters. The van der Waals surface area contributed by atoms with E-state index in [1.54, 1.807) is 4.90 Å². The summed E-state index contributed by atoms with van der Waals surface area (Å²) in [5.74, 6) is -0.443. The summed E-state index contributed by atoms with van der Waals surface area (Å²) in [5, 5.41) is 10.0. The second kappa shape index (κ2) is 8.23. The van der Waals surface area contributed by atoms with Crippen molar-refractivity contribution in [2.75, 3.05) is 0 Å². The van der Waals surface area contributed by atoms with Crippen LogP contribution in [-0.4, -0.2) is 16.0 Å². The van der Waals surface area contributed by atoms with Crippen LogP contribution in [0.5, 0.6) is 0 Å². The highest BCUT2D eigenvalue weighted by Crippen LogP contribution is 2.34. The van der Waals surface area contributed by atoms with Crippen molar-refractivity contribution in [3.63, 3.8) is 0 Å². The molecule has 0 saturated carbocycles. The lowest BCUT2D eigenvalue weighted by atomic mass is 9.90. The number of fused-ring (bicyclic) bond motifs is 2. The van der Waals surface area contributed by atoms with Gasteiger partial charge in [-0.3, -0.25) is 9.88 Å². The molecule has 31 heavy (non-hydrogen) atoms. The lowest BCUT2D eigenvalue weighted by Crippen LogP contribution is -2.26. The van der Waals surface area contributed by atoms with Crippen molar-refractivity contribution in [1.29, 1.82) is 5.26 Å². The number of benzene rings is 2. The molecule has 0 saturated heterocycles. The van der Waals surface area contributed by atoms with Gasteiger partial charge in [-0.15, -0.1) is 0 Å². The number of pyridine rings is 1. The molecule has 2 heterocycles. The number of carbonyl (C=O) groups excluding carboxylic acids is 1. The molecule has 0 fully saturated rings. The Bertz CT molecular complexity index is 1170. The molecule has 5 heteroatoms. The molecule has 2 aliphatic rings. The lowest BCUT2D eigenvalue weighted by molar-refractivity contribution is 0.0954. The van der Waals surface area contributed by atoms with Crippen LogP contribution in [0.25, 0.3) is 0 Å². The Labute approximate surface area is 181 Å². The number of nitrogens with zero attached hydrogens (tertiary/aromatic N) is 3. The molecule has 2 aromatic carbocycles. The summed E-state index contributed by atoms with van der Waals surface area (Å²) in [6, 6.07) is 20.2. The molecule has 1 aliphatic carbocycles. The summed E-state index contributed by atoms with van der Waals surface area (Å²) in [5.41, 5.74) is 7.39. The molecule has 1 atom stereocenters.